The first kappa shape index (κ1) is 21.7. The van der Waals surface area contributed by atoms with Gasteiger partial charge in [0.15, 0.2) is 5.17 Å². The molecule has 0 radical (unpaired) electrons. The van der Waals surface area contributed by atoms with Crippen LogP contribution in [0.25, 0.3) is 0 Å². The Labute approximate surface area is 188 Å². The molecule has 6 heteroatoms. The number of fused-ring (bicyclic) bond motifs is 1. The van der Waals surface area contributed by atoms with Crippen LogP contribution >= 0.6 is 23.5 Å². The van der Waals surface area contributed by atoms with Gasteiger partial charge in [-0.3, -0.25) is 0 Å². The Kier molecular flexibility index (Phi) is 7.74. The maximum Gasteiger partial charge on any atom is 0.164 e. The van der Waals surface area contributed by atoms with Crippen LogP contribution in [0.1, 0.15) is 31.2 Å². The van der Waals surface area contributed by atoms with E-state index >= 15 is 0 Å². The third-order valence-corrected chi connectivity index (χ3v) is 8.11. The molecule has 0 aromatic heterocycles. The Morgan fingerprint density at radius 1 is 1.10 bits per heavy atom. The lowest BCUT2D eigenvalue weighted by Gasteiger charge is -2.38. The van der Waals surface area contributed by atoms with Gasteiger partial charge < -0.3 is 9.80 Å². The smallest absolute Gasteiger partial charge is 0.164 e. The van der Waals surface area contributed by atoms with Crippen molar-refractivity contribution in [2.75, 3.05) is 32.4 Å². The van der Waals surface area contributed by atoms with Crippen molar-refractivity contribution in [1.82, 2.24) is 9.80 Å². The SMILES string of the molecule is CN(C1=Nc2ccccc2CS1)C1CCN(CCCCSc2ccc(F)cc2)CC1. The van der Waals surface area contributed by atoms with Gasteiger partial charge in [0, 0.05) is 36.8 Å². The number of benzene rings is 2. The van der Waals surface area contributed by atoms with Gasteiger partial charge in [-0.1, -0.05) is 30.0 Å². The molecule has 0 unspecified atom stereocenters. The van der Waals surface area contributed by atoms with E-state index in [9.17, 15) is 4.39 Å². The summed E-state index contributed by atoms with van der Waals surface area (Å²) in [6, 6.07) is 15.9. The third-order valence-electron chi connectivity index (χ3n) is 5.92. The number of unbranched alkanes of at least 4 members (excludes halogenated alkanes) is 1. The molecule has 1 saturated heterocycles. The first-order valence-electron chi connectivity index (χ1n) is 10.8. The Balaban J connectivity index is 1.15. The van der Waals surface area contributed by atoms with Gasteiger partial charge in [-0.15, -0.1) is 11.8 Å². The lowest BCUT2D eigenvalue weighted by Crippen LogP contribution is -2.45. The molecule has 4 rings (SSSR count). The molecule has 3 nitrogen and oxygen atoms in total. The van der Waals surface area contributed by atoms with E-state index in [-0.39, 0.29) is 5.82 Å². The summed E-state index contributed by atoms with van der Waals surface area (Å²) in [5.41, 5.74) is 2.47. The highest BCUT2D eigenvalue weighted by Crippen LogP contribution is 2.33. The van der Waals surface area contributed by atoms with Gasteiger partial charge in [-0.25, -0.2) is 9.38 Å². The Morgan fingerprint density at radius 3 is 2.67 bits per heavy atom. The molecule has 2 aromatic rings. The van der Waals surface area contributed by atoms with E-state index in [2.05, 4.69) is 41.1 Å². The Hall–Kier alpha value is -1.50. The van der Waals surface area contributed by atoms with Gasteiger partial charge in [0.05, 0.1) is 5.69 Å². The average molecular weight is 444 g/mol. The zero-order valence-electron chi connectivity index (χ0n) is 17.6. The number of nitrogens with zero attached hydrogens (tertiary/aromatic N) is 3. The first-order valence-corrected chi connectivity index (χ1v) is 12.8. The van der Waals surface area contributed by atoms with E-state index in [0.29, 0.717) is 6.04 Å². The summed E-state index contributed by atoms with van der Waals surface area (Å²) in [5, 5.41) is 1.17. The molecule has 30 heavy (non-hydrogen) atoms. The molecule has 2 heterocycles. The average Bonchev–Trinajstić information content (AvgIpc) is 2.80. The highest BCUT2D eigenvalue weighted by atomic mass is 32.2. The van der Waals surface area contributed by atoms with E-state index in [1.807, 2.05) is 35.7 Å². The second-order valence-electron chi connectivity index (χ2n) is 8.00. The predicted molar refractivity (Wildman–Crippen MR) is 128 cm³/mol. The van der Waals surface area contributed by atoms with Crippen LogP contribution in [-0.2, 0) is 5.75 Å². The molecule has 0 spiro atoms. The van der Waals surface area contributed by atoms with Gasteiger partial charge in [0.1, 0.15) is 5.82 Å². The fourth-order valence-corrected chi connectivity index (χ4v) is 6.00. The maximum atomic E-state index is 13.0. The maximum absolute atomic E-state index is 13.0. The molecule has 2 aliphatic heterocycles. The fraction of sp³-hybridized carbons (Fsp3) is 0.458. The molecule has 0 amide bonds. The Bertz CT molecular complexity index is 848. The number of hydrogen-bond acceptors (Lipinski definition) is 5. The zero-order valence-corrected chi connectivity index (χ0v) is 19.2. The van der Waals surface area contributed by atoms with Crippen molar-refractivity contribution >= 4 is 34.4 Å². The van der Waals surface area contributed by atoms with Gasteiger partial charge >= 0.3 is 0 Å². The molecule has 2 aliphatic rings. The largest absolute Gasteiger partial charge is 0.351 e. The molecule has 1 fully saturated rings. The summed E-state index contributed by atoms with van der Waals surface area (Å²) in [6.45, 7) is 3.53. The first-order chi connectivity index (χ1) is 14.7. The van der Waals surface area contributed by atoms with E-state index < -0.39 is 0 Å². The van der Waals surface area contributed by atoms with Crippen LogP contribution in [0.5, 0.6) is 0 Å². The highest BCUT2D eigenvalue weighted by Gasteiger charge is 2.26. The molecule has 0 atom stereocenters. The molecule has 160 valence electrons. The zero-order chi connectivity index (χ0) is 20.8. The van der Waals surface area contributed by atoms with E-state index in [1.54, 1.807) is 12.1 Å². The minimum absolute atomic E-state index is 0.160. The summed E-state index contributed by atoms with van der Waals surface area (Å²) in [5.74, 6) is 1.96. The monoisotopic (exact) mass is 443 g/mol. The van der Waals surface area contributed by atoms with Gasteiger partial charge in [0.25, 0.3) is 0 Å². The van der Waals surface area contributed by atoms with Crippen LogP contribution in [0.4, 0.5) is 10.1 Å². The molecule has 0 bridgehead atoms. The van der Waals surface area contributed by atoms with E-state index in [0.717, 1.165) is 22.1 Å². The van der Waals surface area contributed by atoms with Crippen LogP contribution in [0.15, 0.2) is 58.4 Å². The van der Waals surface area contributed by atoms with Crippen LogP contribution in [0.2, 0.25) is 0 Å². The van der Waals surface area contributed by atoms with Gasteiger partial charge in [0.2, 0.25) is 0 Å². The van der Waals surface area contributed by atoms with E-state index in [1.165, 1.54) is 56.0 Å². The van der Waals surface area contributed by atoms with Crippen LogP contribution in [0.3, 0.4) is 0 Å². The normalized spacial score (nSPS) is 17.5. The third kappa shape index (κ3) is 5.80. The summed E-state index contributed by atoms with van der Waals surface area (Å²) >= 11 is 3.69. The second-order valence-corrected chi connectivity index (χ2v) is 10.1. The number of thioether (sulfide) groups is 2. The number of likely N-dealkylation sites (tertiary alicyclic amines) is 1. The Morgan fingerprint density at radius 2 is 1.87 bits per heavy atom. The van der Waals surface area contributed by atoms with Crippen molar-refractivity contribution in [1.29, 1.82) is 0 Å². The fourth-order valence-electron chi connectivity index (χ4n) is 4.04. The van der Waals surface area contributed by atoms with Crippen molar-refractivity contribution in [3.05, 3.63) is 59.9 Å². The summed E-state index contributed by atoms with van der Waals surface area (Å²) < 4.78 is 13.0. The number of hydrogen-bond donors (Lipinski definition) is 0. The highest BCUT2D eigenvalue weighted by molar-refractivity contribution is 8.13. The number of para-hydroxylation sites is 1. The summed E-state index contributed by atoms with van der Waals surface area (Å²) in [7, 11) is 2.22. The van der Waals surface area contributed by atoms with Crippen LogP contribution < -0.4 is 0 Å². The summed E-state index contributed by atoms with van der Waals surface area (Å²) in [6.07, 6.45) is 4.85. The number of aliphatic imine (C=N–C) groups is 1. The minimum atomic E-state index is -0.160. The number of halogens is 1. The number of piperidine rings is 1. The van der Waals surface area contributed by atoms with E-state index in [4.69, 9.17) is 4.99 Å². The molecule has 0 aliphatic carbocycles. The minimum Gasteiger partial charge on any atom is -0.351 e. The summed E-state index contributed by atoms with van der Waals surface area (Å²) in [4.78, 5) is 11.1. The van der Waals surface area contributed by atoms with Gasteiger partial charge in [-0.2, -0.15) is 0 Å². The van der Waals surface area contributed by atoms with Crippen LogP contribution in [-0.4, -0.2) is 53.4 Å². The molecule has 0 saturated carbocycles. The second kappa shape index (κ2) is 10.7. The molecular weight excluding hydrogens is 413 g/mol. The van der Waals surface area contributed by atoms with Crippen molar-refractivity contribution in [3.8, 4) is 0 Å². The molecule has 2 aromatic carbocycles. The molecular formula is C24H30FN3S2. The molecule has 0 N–H and O–H groups in total. The quantitative estimate of drug-likeness (QED) is 0.384. The number of rotatable bonds is 7. The van der Waals surface area contributed by atoms with Crippen molar-refractivity contribution in [3.63, 3.8) is 0 Å². The van der Waals surface area contributed by atoms with Crippen LogP contribution in [0, 0.1) is 5.82 Å². The topological polar surface area (TPSA) is 18.8 Å². The van der Waals surface area contributed by atoms with Crippen molar-refractivity contribution < 1.29 is 4.39 Å². The lowest BCUT2D eigenvalue weighted by molar-refractivity contribution is 0.165. The predicted octanol–water partition coefficient (Wildman–Crippen LogP) is 6.03. The van der Waals surface area contributed by atoms with Gasteiger partial charge in [-0.05, 0) is 73.9 Å². The number of amidine groups is 1. The lowest BCUT2D eigenvalue weighted by atomic mass is 10.0. The van der Waals surface area contributed by atoms with Crippen molar-refractivity contribution in [2.24, 2.45) is 4.99 Å². The van der Waals surface area contributed by atoms with Crippen molar-refractivity contribution in [2.45, 2.75) is 42.4 Å². The standard InChI is InChI=1S/C24H30FN3S2/c1-27(24-26-23-7-3-2-6-19(23)18-30-24)21-12-15-28(16-13-21)14-4-5-17-29-22-10-8-20(25)9-11-22/h2-3,6-11,21H,4-5,12-18H2,1H3.